The standard InChI is InChI=1S/C14H14ClN3OS/c1-9-3-4-11(7-10(9)2)17-14(19)18-16-8-12-5-6-13(15)20-12/h3-8H,1-2H3,(H2,17,18,19)/b16-8+. The number of hydrogen-bond donors (Lipinski definition) is 2. The number of halogens is 1. The highest BCUT2D eigenvalue weighted by Gasteiger charge is 2.01. The molecule has 2 N–H and O–H groups in total. The van der Waals surface area contributed by atoms with Crippen molar-refractivity contribution in [3.8, 4) is 0 Å². The molecule has 0 unspecified atom stereocenters. The minimum absolute atomic E-state index is 0.382. The molecule has 0 spiro atoms. The summed E-state index contributed by atoms with van der Waals surface area (Å²) in [5.41, 5.74) is 5.45. The highest BCUT2D eigenvalue weighted by Crippen LogP contribution is 2.19. The molecule has 20 heavy (non-hydrogen) atoms. The Morgan fingerprint density at radius 3 is 2.70 bits per heavy atom. The number of hydrogen-bond acceptors (Lipinski definition) is 3. The average molecular weight is 308 g/mol. The van der Waals surface area contributed by atoms with Gasteiger partial charge in [-0.1, -0.05) is 17.7 Å². The second-order valence-electron chi connectivity index (χ2n) is 4.27. The molecule has 0 saturated heterocycles. The molecule has 0 aliphatic rings. The van der Waals surface area contributed by atoms with Gasteiger partial charge >= 0.3 is 6.03 Å². The van der Waals surface area contributed by atoms with Gasteiger partial charge in [-0.25, -0.2) is 10.2 Å². The third-order valence-electron chi connectivity index (χ3n) is 2.72. The van der Waals surface area contributed by atoms with Crippen LogP contribution in [0, 0.1) is 13.8 Å². The zero-order valence-electron chi connectivity index (χ0n) is 11.1. The van der Waals surface area contributed by atoms with E-state index >= 15 is 0 Å². The molecule has 4 nitrogen and oxygen atoms in total. The minimum Gasteiger partial charge on any atom is -0.307 e. The van der Waals surface area contributed by atoms with E-state index in [0.29, 0.717) is 4.34 Å². The molecule has 2 rings (SSSR count). The molecule has 0 radical (unpaired) electrons. The summed E-state index contributed by atoms with van der Waals surface area (Å²) in [4.78, 5) is 12.5. The van der Waals surface area contributed by atoms with Crippen LogP contribution in [0.4, 0.5) is 10.5 Å². The van der Waals surface area contributed by atoms with Gasteiger partial charge in [-0.3, -0.25) is 0 Å². The summed E-state index contributed by atoms with van der Waals surface area (Å²) < 4.78 is 0.686. The highest BCUT2D eigenvalue weighted by atomic mass is 35.5. The average Bonchev–Trinajstić information content (AvgIpc) is 2.80. The van der Waals surface area contributed by atoms with Crippen molar-refractivity contribution in [1.82, 2.24) is 5.43 Å². The van der Waals surface area contributed by atoms with Crippen LogP contribution in [0.25, 0.3) is 0 Å². The Balaban J connectivity index is 1.89. The summed E-state index contributed by atoms with van der Waals surface area (Å²) in [7, 11) is 0. The lowest BCUT2D eigenvalue weighted by Gasteiger charge is -2.06. The Hall–Kier alpha value is -1.85. The molecule has 0 aliphatic heterocycles. The second kappa shape index (κ2) is 6.54. The third kappa shape index (κ3) is 4.08. The minimum atomic E-state index is -0.382. The quantitative estimate of drug-likeness (QED) is 0.649. The number of rotatable bonds is 3. The fourth-order valence-electron chi connectivity index (χ4n) is 1.53. The van der Waals surface area contributed by atoms with Crippen LogP contribution in [0.3, 0.4) is 0 Å². The van der Waals surface area contributed by atoms with Crippen LogP contribution in [0.5, 0.6) is 0 Å². The van der Waals surface area contributed by atoms with Crippen molar-refractivity contribution in [3.63, 3.8) is 0 Å². The molecule has 1 heterocycles. The van der Waals surface area contributed by atoms with Crippen LogP contribution in [-0.4, -0.2) is 12.2 Å². The van der Waals surface area contributed by atoms with E-state index in [-0.39, 0.29) is 6.03 Å². The van der Waals surface area contributed by atoms with Gasteiger partial charge < -0.3 is 5.32 Å². The van der Waals surface area contributed by atoms with E-state index in [2.05, 4.69) is 15.8 Å². The number of thiophene rings is 1. The summed E-state index contributed by atoms with van der Waals surface area (Å²) in [5, 5.41) is 6.57. The largest absolute Gasteiger partial charge is 0.339 e. The first-order valence-electron chi connectivity index (χ1n) is 5.97. The number of amides is 2. The first-order valence-corrected chi connectivity index (χ1v) is 7.17. The maximum Gasteiger partial charge on any atom is 0.339 e. The number of hydrazone groups is 1. The molecule has 0 bridgehead atoms. The SMILES string of the molecule is Cc1ccc(NC(=O)N/N=C/c2ccc(Cl)s2)cc1C. The van der Waals surface area contributed by atoms with E-state index < -0.39 is 0 Å². The van der Waals surface area contributed by atoms with Crippen LogP contribution in [0.2, 0.25) is 4.34 Å². The van der Waals surface area contributed by atoms with E-state index in [0.717, 1.165) is 16.1 Å². The maximum atomic E-state index is 11.6. The van der Waals surface area contributed by atoms with Crippen LogP contribution < -0.4 is 10.7 Å². The number of carbonyl (C=O) groups is 1. The molecule has 0 atom stereocenters. The maximum absolute atomic E-state index is 11.6. The van der Waals surface area contributed by atoms with Crippen LogP contribution in [-0.2, 0) is 0 Å². The van der Waals surface area contributed by atoms with Crippen molar-refractivity contribution in [2.45, 2.75) is 13.8 Å². The molecule has 1 aromatic heterocycles. The van der Waals surface area contributed by atoms with Crippen molar-refractivity contribution in [2.75, 3.05) is 5.32 Å². The van der Waals surface area contributed by atoms with E-state index in [1.807, 2.05) is 38.1 Å². The van der Waals surface area contributed by atoms with Crippen molar-refractivity contribution in [3.05, 3.63) is 50.7 Å². The van der Waals surface area contributed by atoms with Gasteiger partial charge in [0.05, 0.1) is 10.6 Å². The predicted octanol–water partition coefficient (Wildman–Crippen LogP) is 4.17. The zero-order chi connectivity index (χ0) is 14.5. The third-order valence-corrected chi connectivity index (χ3v) is 3.88. The number of nitrogens with one attached hydrogen (secondary N) is 2. The molecule has 0 saturated carbocycles. The normalized spacial score (nSPS) is 10.8. The summed E-state index contributed by atoms with van der Waals surface area (Å²) >= 11 is 7.19. The number of urea groups is 1. The highest BCUT2D eigenvalue weighted by molar-refractivity contribution is 7.17. The lowest BCUT2D eigenvalue weighted by atomic mass is 10.1. The molecule has 0 fully saturated rings. The van der Waals surface area contributed by atoms with Gasteiger partial charge in [0.15, 0.2) is 0 Å². The molecule has 0 aliphatic carbocycles. The number of nitrogens with zero attached hydrogens (tertiary/aromatic N) is 1. The Morgan fingerprint density at radius 2 is 2.05 bits per heavy atom. The Labute approximate surface area is 126 Å². The Morgan fingerprint density at radius 1 is 1.25 bits per heavy atom. The van der Waals surface area contributed by atoms with Gasteiger partial charge in [0.1, 0.15) is 0 Å². The van der Waals surface area contributed by atoms with Crippen molar-refractivity contribution in [1.29, 1.82) is 0 Å². The van der Waals surface area contributed by atoms with Gasteiger partial charge in [-0.2, -0.15) is 5.10 Å². The Bertz CT molecular complexity index is 652. The smallest absolute Gasteiger partial charge is 0.307 e. The molecule has 2 amide bonds. The Kier molecular flexibility index (Phi) is 4.76. The van der Waals surface area contributed by atoms with Gasteiger partial charge in [0.2, 0.25) is 0 Å². The van der Waals surface area contributed by atoms with Crippen LogP contribution in [0.1, 0.15) is 16.0 Å². The molecule has 2 aromatic rings. The first-order chi connectivity index (χ1) is 9.54. The monoisotopic (exact) mass is 307 g/mol. The van der Waals surface area contributed by atoms with Gasteiger partial charge in [-0.15, -0.1) is 11.3 Å². The predicted molar refractivity (Wildman–Crippen MR) is 85.0 cm³/mol. The molecule has 104 valence electrons. The molecular formula is C14H14ClN3OS. The number of benzene rings is 1. The lowest BCUT2D eigenvalue weighted by molar-refractivity contribution is 0.252. The van der Waals surface area contributed by atoms with Gasteiger partial charge in [0, 0.05) is 10.6 Å². The van der Waals surface area contributed by atoms with E-state index in [1.165, 1.54) is 16.9 Å². The van der Waals surface area contributed by atoms with E-state index in [1.54, 1.807) is 12.3 Å². The van der Waals surface area contributed by atoms with Crippen molar-refractivity contribution < 1.29 is 4.79 Å². The zero-order valence-corrected chi connectivity index (χ0v) is 12.7. The summed E-state index contributed by atoms with van der Waals surface area (Å²) in [6.45, 7) is 4.02. The topological polar surface area (TPSA) is 53.5 Å². The van der Waals surface area contributed by atoms with Crippen LogP contribution >= 0.6 is 22.9 Å². The van der Waals surface area contributed by atoms with Gasteiger partial charge in [-0.05, 0) is 49.2 Å². The number of carbonyl (C=O) groups excluding carboxylic acids is 1. The molecular weight excluding hydrogens is 294 g/mol. The lowest BCUT2D eigenvalue weighted by Crippen LogP contribution is -2.24. The second-order valence-corrected chi connectivity index (χ2v) is 6.01. The fourth-order valence-corrected chi connectivity index (χ4v) is 2.46. The number of anilines is 1. The summed E-state index contributed by atoms with van der Waals surface area (Å²) in [6.07, 6.45) is 1.55. The van der Waals surface area contributed by atoms with Crippen LogP contribution in [0.15, 0.2) is 35.4 Å². The molecule has 1 aromatic carbocycles. The van der Waals surface area contributed by atoms with Gasteiger partial charge in [0.25, 0.3) is 0 Å². The fraction of sp³-hybridized carbons (Fsp3) is 0.143. The van der Waals surface area contributed by atoms with Crippen molar-refractivity contribution >= 4 is 40.9 Å². The van der Waals surface area contributed by atoms with Crippen molar-refractivity contribution in [2.24, 2.45) is 5.10 Å². The van der Waals surface area contributed by atoms with E-state index in [4.69, 9.17) is 11.6 Å². The first kappa shape index (κ1) is 14.6. The molecule has 6 heteroatoms. The van der Waals surface area contributed by atoms with E-state index in [9.17, 15) is 4.79 Å². The summed E-state index contributed by atoms with van der Waals surface area (Å²) in [6, 6.07) is 8.96. The number of aryl methyl sites for hydroxylation is 2. The summed E-state index contributed by atoms with van der Waals surface area (Å²) in [5.74, 6) is 0.